The lowest BCUT2D eigenvalue weighted by Crippen LogP contribution is -2.27. The van der Waals surface area contributed by atoms with E-state index >= 15 is 0 Å². The molecule has 2 aromatic carbocycles. The van der Waals surface area contributed by atoms with Crippen LogP contribution in [0.3, 0.4) is 0 Å². The van der Waals surface area contributed by atoms with Gasteiger partial charge < -0.3 is 14.8 Å². The number of hydrogen-bond acceptors (Lipinski definition) is 5. The number of thiazole rings is 1. The van der Waals surface area contributed by atoms with Crippen molar-refractivity contribution in [2.24, 2.45) is 0 Å². The Kier molecular flexibility index (Phi) is 6.82. The minimum Gasteiger partial charge on any atom is -0.493 e. The number of ether oxygens (including phenoxy) is 2. The van der Waals surface area contributed by atoms with Crippen molar-refractivity contribution in [2.45, 2.75) is 19.8 Å². The second-order valence-corrected chi connectivity index (χ2v) is 7.59. The standard InChI is InChI=1S/C22H23FN2O3S/c1-14-20(29-22(25-14)16-5-4-6-17(23)13-16)9-10-24-21(26)12-15-7-8-18(27-2)19(11-15)28-3/h4-8,11,13H,9-10,12H2,1-3H3,(H,24,26). The smallest absolute Gasteiger partial charge is 0.224 e. The number of nitrogens with zero attached hydrogens (tertiary/aromatic N) is 1. The number of aromatic nitrogens is 1. The summed E-state index contributed by atoms with van der Waals surface area (Å²) in [6, 6.07) is 11.9. The third kappa shape index (κ3) is 5.32. The van der Waals surface area contributed by atoms with Crippen LogP contribution in [0.15, 0.2) is 42.5 Å². The number of halogens is 1. The minimum atomic E-state index is -0.278. The van der Waals surface area contributed by atoms with Crippen molar-refractivity contribution in [1.29, 1.82) is 0 Å². The summed E-state index contributed by atoms with van der Waals surface area (Å²) in [6.45, 7) is 2.44. The van der Waals surface area contributed by atoms with Crippen LogP contribution in [0, 0.1) is 12.7 Å². The van der Waals surface area contributed by atoms with E-state index in [9.17, 15) is 9.18 Å². The number of amides is 1. The Morgan fingerprint density at radius 3 is 2.66 bits per heavy atom. The summed E-state index contributed by atoms with van der Waals surface area (Å²) in [6.07, 6.45) is 0.938. The SMILES string of the molecule is COc1ccc(CC(=O)NCCc2sc(-c3cccc(F)c3)nc2C)cc1OC. The molecule has 152 valence electrons. The summed E-state index contributed by atoms with van der Waals surface area (Å²) < 4.78 is 23.9. The van der Waals surface area contributed by atoms with Gasteiger partial charge in [-0.1, -0.05) is 18.2 Å². The molecule has 0 saturated heterocycles. The molecule has 5 nitrogen and oxygen atoms in total. The third-order valence-corrected chi connectivity index (χ3v) is 5.72. The lowest BCUT2D eigenvalue weighted by molar-refractivity contribution is -0.120. The zero-order valence-electron chi connectivity index (χ0n) is 16.6. The fourth-order valence-corrected chi connectivity index (χ4v) is 4.02. The van der Waals surface area contributed by atoms with Crippen LogP contribution < -0.4 is 14.8 Å². The first-order valence-electron chi connectivity index (χ1n) is 9.20. The molecule has 0 radical (unpaired) electrons. The highest BCUT2D eigenvalue weighted by Crippen LogP contribution is 2.29. The number of benzene rings is 2. The number of hydrogen-bond donors (Lipinski definition) is 1. The molecule has 0 bridgehead atoms. The predicted octanol–water partition coefficient (Wildman–Crippen LogP) is 4.18. The number of carbonyl (C=O) groups excluding carboxylic acids is 1. The summed E-state index contributed by atoms with van der Waals surface area (Å²) in [5.41, 5.74) is 2.52. The predicted molar refractivity (Wildman–Crippen MR) is 112 cm³/mol. The Balaban J connectivity index is 1.55. The molecule has 3 rings (SSSR count). The lowest BCUT2D eigenvalue weighted by atomic mass is 10.1. The van der Waals surface area contributed by atoms with Crippen molar-refractivity contribution < 1.29 is 18.7 Å². The zero-order chi connectivity index (χ0) is 20.8. The molecular formula is C22H23FN2O3S. The Bertz CT molecular complexity index is 1000. The van der Waals surface area contributed by atoms with Crippen molar-refractivity contribution in [3.05, 3.63) is 64.4 Å². The van der Waals surface area contributed by atoms with E-state index in [2.05, 4.69) is 10.3 Å². The van der Waals surface area contributed by atoms with Crippen LogP contribution in [0.25, 0.3) is 10.6 Å². The van der Waals surface area contributed by atoms with Gasteiger partial charge in [0.15, 0.2) is 11.5 Å². The minimum absolute atomic E-state index is 0.0651. The highest BCUT2D eigenvalue weighted by atomic mass is 32.1. The van der Waals surface area contributed by atoms with Gasteiger partial charge in [0.2, 0.25) is 5.91 Å². The van der Waals surface area contributed by atoms with E-state index in [1.807, 2.05) is 19.1 Å². The van der Waals surface area contributed by atoms with Crippen LogP contribution in [0.1, 0.15) is 16.1 Å². The molecule has 29 heavy (non-hydrogen) atoms. The number of methoxy groups -OCH3 is 2. The molecule has 1 N–H and O–H groups in total. The number of nitrogens with one attached hydrogen (secondary N) is 1. The van der Waals surface area contributed by atoms with E-state index in [0.717, 1.165) is 26.7 Å². The van der Waals surface area contributed by atoms with Crippen LogP contribution >= 0.6 is 11.3 Å². The molecule has 3 aromatic rings. The maximum atomic E-state index is 13.4. The highest BCUT2D eigenvalue weighted by molar-refractivity contribution is 7.15. The monoisotopic (exact) mass is 414 g/mol. The average molecular weight is 415 g/mol. The molecule has 1 aromatic heterocycles. The van der Waals surface area contributed by atoms with Gasteiger partial charge in [-0.15, -0.1) is 11.3 Å². The van der Waals surface area contributed by atoms with Crippen LogP contribution in [-0.4, -0.2) is 31.7 Å². The maximum Gasteiger partial charge on any atom is 0.224 e. The molecule has 0 aliphatic carbocycles. The first-order valence-corrected chi connectivity index (χ1v) is 10.0. The van der Waals surface area contributed by atoms with Crippen molar-refractivity contribution >= 4 is 17.2 Å². The van der Waals surface area contributed by atoms with E-state index < -0.39 is 0 Å². The lowest BCUT2D eigenvalue weighted by Gasteiger charge is -2.10. The summed E-state index contributed by atoms with van der Waals surface area (Å²) in [5, 5.41) is 3.72. The van der Waals surface area contributed by atoms with E-state index in [1.54, 1.807) is 32.4 Å². The molecule has 0 spiro atoms. The van der Waals surface area contributed by atoms with Gasteiger partial charge in [0.05, 0.1) is 26.3 Å². The molecule has 1 heterocycles. The number of aryl methyl sites for hydroxylation is 1. The highest BCUT2D eigenvalue weighted by Gasteiger charge is 2.12. The molecular weight excluding hydrogens is 391 g/mol. The van der Waals surface area contributed by atoms with Crippen LogP contribution in [0.4, 0.5) is 4.39 Å². The summed E-state index contributed by atoms with van der Waals surface area (Å²) >= 11 is 1.53. The first kappa shape index (κ1) is 20.8. The Morgan fingerprint density at radius 2 is 1.93 bits per heavy atom. The van der Waals surface area contributed by atoms with Gasteiger partial charge in [0, 0.05) is 23.4 Å². The van der Waals surface area contributed by atoms with Gasteiger partial charge in [0.25, 0.3) is 0 Å². The fraction of sp³-hybridized carbons (Fsp3) is 0.273. The average Bonchev–Trinajstić information content (AvgIpc) is 3.08. The fourth-order valence-electron chi connectivity index (χ4n) is 2.96. The second kappa shape index (κ2) is 9.52. The van der Waals surface area contributed by atoms with Crippen molar-refractivity contribution in [3.63, 3.8) is 0 Å². The molecule has 0 fully saturated rings. The molecule has 0 atom stereocenters. The molecule has 0 aliphatic heterocycles. The number of rotatable bonds is 8. The second-order valence-electron chi connectivity index (χ2n) is 6.50. The zero-order valence-corrected chi connectivity index (χ0v) is 17.4. The van der Waals surface area contributed by atoms with Crippen molar-refractivity contribution in [2.75, 3.05) is 20.8 Å². The van der Waals surface area contributed by atoms with E-state index in [4.69, 9.17) is 9.47 Å². The van der Waals surface area contributed by atoms with Crippen LogP contribution in [-0.2, 0) is 17.6 Å². The number of carbonyl (C=O) groups is 1. The Hall–Kier alpha value is -2.93. The van der Waals surface area contributed by atoms with Gasteiger partial charge in [-0.2, -0.15) is 0 Å². The largest absolute Gasteiger partial charge is 0.493 e. The third-order valence-electron chi connectivity index (χ3n) is 4.45. The summed E-state index contributed by atoms with van der Waals surface area (Å²) in [7, 11) is 3.14. The van der Waals surface area contributed by atoms with Gasteiger partial charge in [-0.3, -0.25) is 4.79 Å². The molecule has 7 heteroatoms. The summed E-state index contributed by atoms with van der Waals surface area (Å²) in [4.78, 5) is 17.9. The van der Waals surface area contributed by atoms with Crippen molar-refractivity contribution in [3.8, 4) is 22.1 Å². The molecule has 0 saturated carbocycles. The molecule has 1 amide bonds. The normalized spacial score (nSPS) is 10.6. The van der Waals surface area contributed by atoms with Crippen LogP contribution in [0.5, 0.6) is 11.5 Å². The maximum absolute atomic E-state index is 13.4. The van der Waals surface area contributed by atoms with Crippen molar-refractivity contribution in [1.82, 2.24) is 10.3 Å². The van der Waals surface area contributed by atoms with Crippen LogP contribution in [0.2, 0.25) is 0 Å². The topological polar surface area (TPSA) is 60.5 Å². The Morgan fingerprint density at radius 1 is 1.14 bits per heavy atom. The Labute approximate surface area is 173 Å². The molecule has 0 aliphatic rings. The van der Waals surface area contributed by atoms with E-state index in [0.29, 0.717) is 24.5 Å². The van der Waals surface area contributed by atoms with Gasteiger partial charge in [0.1, 0.15) is 10.8 Å². The first-order chi connectivity index (χ1) is 14.0. The van der Waals surface area contributed by atoms with Gasteiger partial charge >= 0.3 is 0 Å². The quantitative estimate of drug-likeness (QED) is 0.601. The van der Waals surface area contributed by atoms with E-state index in [1.165, 1.54) is 23.5 Å². The van der Waals surface area contributed by atoms with Gasteiger partial charge in [-0.05, 0) is 36.8 Å². The van der Waals surface area contributed by atoms with Gasteiger partial charge in [-0.25, -0.2) is 9.37 Å². The summed E-state index contributed by atoms with van der Waals surface area (Å²) in [5.74, 6) is 0.887. The van der Waals surface area contributed by atoms with E-state index in [-0.39, 0.29) is 18.1 Å². The molecule has 0 unspecified atom stereocenters.